The van der Waals surface area contributed by atoms with Crippen molar-refractivity contribution in [3.05, 3.63) is 51.9 Å². The van der Waals surface area contributed by atoms with E-state index in [9.17, 15) is 4.79 Å². The highest BCUT2D eigenvalue weighted by molar-refractivity contribution is 7.19. The smallest absolute Gasteiger partial charge is 0.275 e. The fourth-order valence-corrected chi connectivity index (χ4v) is 6.84. The van der Waals surface area contributed by atoms with Crippen LogP contribution in [0.25, 0.3) is 15.9 Å². The van der Waals surface area contributed by atoms with Gasteiger partial charge in [0.25, 0.3) is 5.56 Å². The maximum Gasteiger partial charge on any atom is 0.275 e. The number of ether oxygens (including phenoxy) is 2. The van der Waals surface area contributed by atoms with Crippen LogP contribution in [0.5, 0.6) is 5.75 Å². The van der Waals surface area contributed by atoms with Gasteiger partial charge in [-0.05, 0) is 81.8 Å². The molecular weight excluding hydrogens is 422 g/mol. The molecule has 0 unspecified atom stereocenters. The minimum absolute atomic E-state index is 0.00105. The predicted octanol–water partition coefficient (Wildman–Crippen LogP) is 4.35. The molecule has 3 atom stereocenters. The van der Waals surface area contributed by atoms with Gasteiger partial charge in [0.2, 0.25) is 0 Å². The molecule has 3 saturated heterocycles. The molecule has 0 amide bonds. The zero-order chi connectivity index (χ0) is 21.7. The van der Waals surface area contributed by atoms with Crippen LogP contribution in [0.3, 0.4) is 0 Å². The number of hydrogen-bond acceptors (Lipinski definition) is 6. The quantitative estimate of drug-likeness (QED) is 0.590. The summed E-state index contributed by atoms with van der Waals surface area (Å²) in [5, 5.41) is 0. The Hall–Kier alpha value is -2.22. The van der Waals surface area contributed by atoms with Gasteiger partial charge in [-0.3, -0.25) is 9.36 Å². The van der Waals surface area contributed by atoms with E-state index in [0.717, 1.165) is 60.6 Å². The first-order chi connectivity index (χ1) is 15.7. The van der Waals surface area contributed by atoms with Crippen LogP contribution < -0.4 is 10.3 Å². The van der Waals surface area contributed by atoms with E-state index in [-0.39, 0.29) is 11.7 Å². The van der Waals surface area contributed by atoms with Crippen molar-refractivity contribution >= 4 is 21.6 Å². The predicted molar refractivity (Wildman–Crippen MR) is 126 cm³/mol. The highest BCUT2D eigenvalue weighted by Crippen LogP contribution is 2.36. The van der Waals surface area contributed by atoms with Crippen molar-refractivity contribution in [1.29, 1.82) is 0 Å². The standard InChI is InChI=1S/C25H29N3O3S/c1-27-18-2-3-19(27)13-21(12-18)31-20-6-4-17(5-7-20)28-15-26-22-14-23(32-24(22)25(28)29)16-8-10-30-11-9-16/h4-7,14-16,18-19,21H,2-3,8-13H2,1H3/t18-,19+,21+. The average Bonchev–Trinajstić information content (AvgIpc) is 3.33. The molecule has 0 aliphatic carbocycles. The molecule has 3 aliphatic rings. The minimum atomic E-state index is -0.00105. The SMILES string of the molecule is CN1[C@@H]2CC[C@H]1C[C@@H](Oc1ccc(-n3cnc4cc(C5CCOCC5)sc4c3=O)cc1)C2. The summed E-state index contributed by atoms with van der Waals surface area (Å²) in [7, 11) is 2.25. The third-order valence-corrected chi connectivity index (χ3v) is 8.83. The molecule has 2 aromatic heterocycles. The number of benzene rings is 1. The summed E-state index contributed by atoms with van der Waals surface area (Å²) in [4.78, 5) is 21.6. The highest BCUT2D eigenvalue weighted by Gasteiger charge is 2.39. The second-order valence-corrected chi connectivity index (χ2v) is 10.5. The molecule has 0 radical (unpaired) electrons. The largest absolute Gasteiger partial charge is 0.490 e. The normalized spacial score (nSPS) is 26.6. The van der Waals surface area contributed by atoms with Gasteiger partial charge in [-0.2, -0.15) is 0 Å². The van der Waals surface area contributed by atoms with E-state index in [4.69, 9.17) is 9.47 Å². The topological polar surface area (TPSA) is 56.6 Å². The molecular formula is C25H29N3O3S. The van der Waals surface area contributed by atoms with E-state index in [1.807, 2.05) is 24.3 Å². The molecule has 7 heteroatoms. The van der Waals surface area contributed by atoms with Gasteiger partial charge in [0.15, 0.2) is 0 Å². The van der Waals surface area contributed by atoms with Crippen LogP contribution in [0.4, 0.5) is 0 Å². The lowest BCUT2D eigenvalue weighted by Crippen LogP contribution is -2.43. The molecule has 32 heavy (non-hydrogen) atoms. The summed E-state index contributed by atoms with van der Waals surface area (Å²) >= 11 is 1.59. The van der Waals surface area contributed by atoms with Gasteiger partial charge in [0.05, 0.1) is 11.2 Å². The zero-order valence-corrected chi connectivity index (χ0v) is 19.2. The lowest BCUT2D eigenvalue weighted by molar-refractivity contribution is 0.0662. The van der Waals surface area contributed by atoms with Crippen LogP contribution in [0.1, 0.15) is 49.3 Å². The highest BCUT2D eigenvalue weighted by atomic mass is 32.1. The Morgan fingerprint density at radius 2 is 1.78 bits per heavy atom. The van der Waals surface area contributed by atoms with Crippen molar-refractivity contribution in [2.45, 2.75) is 62.6 Å². The summed E-state index contributed by atoms with van der Waals surface area (Å²) < 4.78 is 14.2. The Morgan fingerprint density at radius 1 is 1.06 bits per heavy atom. The fraction of sp³-hybridized carbons (Fsp3) is 0.520. The first-order valence-electron chi connectivity index (χ1n) is 11.7. The Morgan fingerprint density at radius 3 is 2.50 bits per heavy atom. The summed E-state index contributed by atoms with van der Waals surface area (Å²) in [5.74, 6) is 1.35. The summed E-state index contributed by atoms with van der Waals surface area (Å²) in [6.07, 6.45) is 8.74. The van der Waals surface area contributed by atoms with Crippen molar-refractivity contribution in [2.24, 2.45) is 0 Å². The Bertz CT molecular complexity index is 1150. The number of piperidine rings is 1. The molecule has 0 spiro atoms. The number of fused-ring (bicyclic) bond motifs is 3. The third kappa shape index (κ3) is 3.66. The summed E-state index contributed by atoms with van der Waals surface area (Å²) in [6, 6.07) is 11.3. The van der Waals surface area contributed by atoms with Crippen LogP contribution >= 0.6 is 11.3 Å². The summed E-state index contributed by atoms with van der Waals surface area (Å²) in [5.41, 5.74) is 1.62. The van der Waals surface area contributed by atoms with Gasteiger partial charge in [0.1, 0.15) is 22.9 Å². The monoisotopic (exact) mass is 451 g/mol. The summed E-state index contributed by atoms with van der Waals surface area (Å²) in [6.45, 7) is 1.59. The van der Waals surface area contributed by atoms with Gasteiger partial charge in [-0.25, -0.2) is 4.98 Å². The maximum atomic E-state index is 13.2. The number of nitrogens with zero attached hydrogens (tertiary/aromatic N) is 3. The van der Waals surface area contributed by atoms with Crippen LogP contribution in [-0.4, -0.2) is 52.9 Å². The molecule has 168 valence electrons. The van der Waals surface area contributed by atoms with Gasteiger partial charge in [-0.15, -0.1) is 11.3 Å². The Labute approximate surface area is 191 Å². The fourth-order valence-electron chi connectivity index (χ4n) is 5.63. The van der Waals surface area contributed by atoms with Crippen molar-refractivity contribution in [2.75, 3.05) is 20.3 Å². The first-order valence-corrected chi connectivity index (χ1v) is 12.6. The lowest BCUT2D eigenvalue weighted by Gasteiger charge is -2.36. The van der Waals surface area contributed by atoms with Crippen molar-refractivity contribution in [3.8, 4) is 11.4 Å². The maximum absolute atomic E-state index is 13.2. The molecule has 0 saturated carbocycles. The minimum Gasteiger partial charge on any atom is -0.490 e. The molecule has 3 fully saturated rings. The van der Waals surface area contributed by atoms with E-state index >= 15 is 0 Å². The molecule has 0 N–H and O–H groups in total. The van der Waals surface area contributed by atoms with Crippen LogP contribution in [0, 0.1) is 0 Å². The molecule has 2 bridgehead atoms. The number of thiophene rings is 1. The van der Waals surface area contributed by atoms with Gasteiger partial charge >= 0.3 is 0 Å². The van der Waals surface area contributed by atoms with Crippen molar-refractivity contribution < 1.29 is 9.47 Å². The number of rotatable bonds is 4. The van der Waals surface area contributed by atoms with Gasteiger partial charge in [0, 0.05) is 30.2 Å². The molecule has 6 rings (SSSR count). The van der Waals surface area contributed by atoms with Crippen molar-refractivity contribution in [1.82, 2.24) is 14.5 Å². The average molecular weight is 452 g/mol. The lowest BCUT2D eigenvalue weighted by atomic mass is 9.99. The van der Waals surface area contributed by atoms with E-state index in [2.05, 4.69) is 23.0 Å². The molecule has 3 aromatic rings. The van der Waals surface area contributed by atoms with Gasteiger partial charge in [-0.1, -0.05) is 0 Å². The van der Waals surface area contributed by atoms with Crippen LogP contribution in [0.15, 0.2) is 41.5 Å². The Balaban J connectivity index is 1.21. The molecule has 6 nitrogen and oxygen atoms in total. The van der Waals surface area contributed by atoms with Crippen molar-refractivity contribution in [3.63, 3.8) is 0 Å². The van der Waals surface area contributed by atoms with E-state index < -0.39 is 0 Å². The second-order valence-electron chi connectivity index (χ2n) is 9.43. The second kappa shape index (κ2) is 8.28. The van der Waals surface area contributed by atoms with E-state index in [1.54, 1.807) is 22.2 Å². The number of aromatic nitrogens is 2. The molecule has 1 aromatic carbocycles. The van der Waals surface area contributed by atoms with E-state index in [1.165, 1.54) is 17.7 Å². The molecule has 3 aliphatic heterocycles. The Kier molecular flexibility index (Phi) is 5.28. The van der Waals surface area contributed by atoms with Crippen LogP contribution in [-0.2, 0) is 4.74 Å². The number of hydrogen-bond donors (Lipinski definition) is 0. The third-order valence-electron chi connectivity index (χ3n) is 7.55. The zero-order valence-electron chi connectivity index (χ0n) is 18.4. The molecule has 5 heterocycles. The van der Waals surface area contributed by atoms with Gasteiger partial charge < -0.3 is 14.4 Å². The van der Waals surface area contributed by atoms with E-state index in [0.29, 0.717) is 18.0 Å². The first kappa shape index (κ1) is 20.4. The van der Waals surface area contributed by atoms with Crippen LogP contribution in [0.2, 0.25) is 0 Å².